The topological polar surface area (TPSA) is 13.1 Å². The van der Waals surface area contributed by atoms with Gasteiger partial charge in [-0.25, -0.2) is 0 Å². The van der Waals surface area contributed by atoms with Crippen molar-refractivity contribution in [1.82, 2.24) is 0 Å². The Balaban J connectivity index is 1.23. The summed E-state index contributed by atoms with van der Waals surface area (Å²) in [6.45, 7) is 0. The van der Waals surface area contributed by atoms with E-state index in [9.17, 15) is 0 Å². The molecule has 0 aliphatic carbocycles. The lowest BCUT2D eigenvalue weighted by Crippen LogP contribution is -1.89. The average Bonchev–Trinajstić information content (AvgIpc) is 3.52. The van der Waals surface area contributed by atoms with E-state index in [2.05, 4.69) is 170 Å². The maximum absolute atomic E-state index is 6.91. The smallest absolute Gasteiger partial charge is 0.143 e. The van der Waals surface area contributed by atoms with Crippen LogP contribution in [0.15, 0.2) is 174 Å². The van der Waals surface area contributed by atoms with Gasteiger partial charge in [0.15, 0.2) is 0 Å². The van der Waals surface area contributed by atoms with Crippen LogP contribution < -0.4 is 0 Å². The highest BCUT2D eigenvalue weighted by atomic mass is 16.3. The minimum absolute atomic E-state index is 0.904. The molecule has 1 aromatic heterocycles. The minimum Gasteiger partial charge on any atom is -0.455 e. The highest BCUT2D eigenvalue weighted by Crippen LogP contribution is 2.45. The molecule has 0 aliphatic heterocycles. The van der Waals surface area contributed by atoms with E-state index in [0.717, 1.165) is 27.5 Å². The van der Waals surface area contributed by atoms with Crippen molar-refractivity contribution < 1.29 is 4.42 Å². The number of benzene rings is 10. The maximum atomic E-state index is 6.91. The molecule has 0 unspecified atom stereocenters. The summed E-state index contributed by atoms with van der Waals surface area (Å²) in [5, 5.41) is 14.9. The lowest BCUT2D eigenvalue weighted by molar-refractivity contribution is 0.670. The standard InChI is InChI=1S/C48H28O/c1-2-8-29(9-3-1)34-18-19-35-25-42-44-27-37(39-22-20-33-17-16-31-12-6-13-32-21-23-41(39)47(33)46(31)32)26-43(48(44)49-45(42)28-36(35)24-34)40-15-7-11-30-10-4-5-14-38(30)40/h1-28H. The first-order valence-electron chi connectivity index (χ1n) is 16.9. The van der Waals surface area contributed by atoms with Crippen molar-refractivity contribution >= 4 is 75.8 Å². The third-order valence-corrected chi connectivity index (χ3v) is 10.6. The van der Waals surface area contributed by atoms with Crippen molar-refractivity contribution in [3.63, 3.8) is 0 Å². The average molecular weight is 621 g/mol. The molecule has 11 rings (SSSR count). The van der Waals surface area contributed by atoms with Crippen LogP contribution in [0.2, 0.25) is 0 Å². The summed E-state index contributed by atoms with van der Waals surface area (Å²) in [5.41, 5.74) is 8.96. The van der Waals surface area contributed by atoms with Crippen LogP contribution in [-0.2, 0) is 0 Å². The van der Waals surface area contributed by atoms with Gasteiger partial charge in [-0.3, -0.25) is 0 Å². The summed E-state index contributed by atoms with van der Waals surface area (Å²) in [6, 6.07) is 62.1. The van der Waals surface area contributed by atoms with Crippen molar-refractivity contribution in [2.45, 2.75) is 0 Å². The third-order valence-electron chi connectivity index (χ3n) is 10.6. The minimum atomic E-state index is 0.904. The second-order valence-corrected chi connectivity index (χ2v) is 13.3. The fraction of sp³-hybridized carbons (Fsp3) is 0. The lowest BCUT2D eigenvalue weighted by Gasteiger charge is -2.15. The Labute approximate surface area is 282 Å². The SMILES string of the molecule is c1ccc(-c2ccc3cc4c(cc3c2)oc2c(-c3cccc5ccccc35)cc(-c3ccc5ccc6cccc7ccc3c5c67)cc24)cc1. The summed E-state index contributed by atoms with van der Waals surface area (Å²) in [7, 11) is 0. The van der Waals surface area contributed by atoms with E-state index in [4.69, 9.17) is 4.42 Å². The molecule has 0 spiro atoms. The van der Waals surface area contributed by atoms with Crippen molar-refractivity contribution in [3.05, 3.63) is 170 Å². The van der Waals surface area contributed by atoms with E-state index >= 15 is 0 Å². The summed E-state index contributed by atoms with van der Waals surface area (Å²) in [5.74, 6) is 0. The van der Waals surface area contributed by atoms with Crippen LogP contribution in [0.25, 0.3) is 109 Å². The predicted octanol–water partition coefficient (Wildman–Crippen LogP) is 13.8. The number of fused-ring (bicyclic) bond motifs is 5. The summed E-state index contributed by atoms with van der Waals surface area (Å²) in [6.07, 6.45) is 0. The first-order valence-corrected chi connectivity index (χ1v) is 16.9. The van der Waals surface area contributed by atoms with Gasteiger partial charge in [-0.05, 0) is 112 Å². The van der Waals surface area contributed by atoms with Crippen LogP contribution in [0, 0.1) is 0 Å². The molecule has 0 aliphatic rings. The second kappa shape index (κ2) is 10.0. The molecule has 0 N–H and O–H groups in total. The van der Waals surface area contributed by atoms with Gasteiger partial charge < -0.3 is 4.42 Å². The van der Waals surface area contributed by atoms with Crippen molar-refractivity contribution in [2.75, 3.05) is 0 Å². The Morgan fingerprint density at radius 1 is 0.286 bits per heavy atom. The zero-order chi connectivity index (χ0) is 32.1. The van der Waals surface area contributed by atoms with Crippen molar-refractivity contribution in [1.29, 1.82) is 0 Å². The number of hydrogen-bond donors (Lipinski definition) is 0. The predicted molar refractivity (Wildman–Crippen MR) is 209 cm³/mol. The molecule has 226 valence electrons. The zero-order valence-electron chi connectivity index (χ0n) is 26.6. The summed E-state index contributed by atoms with van der Waals surface area (Å²) < 4.78 is 6.91. The zero-order valence-corrected chi connectivity index (χ0v) is 26.6. The van der Waals surface area contributed by atoms with Gasteiger partial charge in [0.25, 0.3) is 0 Å². The Morgan fingerprint density at radius 2 is 1.00 bits per heavy atom. The Kier molecular flexibility index (Phi) is 5.45. The molecule has 0 atom stereocenters. The fourth-order valence-corrected chi connectivity index (χ4v) is 8.23. The molecule has 0 bridgehead atoms. The van der Waals surface area contributed by atoms with Gasteiger partial charge >= 0.3 is 0 Å². The number of rotatable bonds is 3. The Bertz CT molecular complexity index is 3070. The third kappa shape index (κ3) is 3.94. The van der Waals surface area contributed by atoms with E-state index in [1.165, 1.54) is 81.7 Å². The van der Waals surface area contributed by atoms with E-state index in [1.807, 2.05) is 0 Å². The maximum Gasteiger partial charge on any atom is 0.143 e. The molecule has 0 saturated carbocycles. The molecule has 0 radical (unpaired) electrons. The fourth-order valence-electron chi connectivity index (χ4n) is 8.23. The first-order chi connectivity index (χ1) is 24.3. The highest BCUT2D eigenvalue weighted by Gasteiger charge is 2.19. The highest BCUT2D eigenvalue weighted by molar-refractivity contribution is 6.26. The van der Waals surface area contributed by atoms with Gasteiger partial charge in [0.2, 0.25) is 0 Å². The van der Waals surface area contributed by atoms with Crippen LogP contribution in [-0.4, -0.2) is 0 Å². The molecule has 10 aromatic carbocycles. The molecule has 0 saturated heterocycles. The molecule has 1 nitrogen and oxygen atoms in total. The van der Waals surface area contributed by atoms with Crippen molar-refractivity contribution in [3.8, 4) is 33.4 Å². The van der Waals surface area contributed by atoms with Crippen LogP contribution in [0.3, 0.4) is 0 Å². The summed E-state index contributed by atoms with van der Waals surface area (Å²) in [4.78, 5) is 0. The van der Waals surface area contributed by atoms with Gasteiger partial charge in [-0.2, -0.15) is 0 Å². The molecular weight excluding hydrogens is 593 g/mol. The molecule has 0 fully saturated rings. The molecule has 11 aromatic rings. The quantitative estimate of drug-likeness (QED) is 0.179. The summed E-state index contributed by atoms with van der Waals surface area (Å²) >= 11 is 0. The Hall–Kier alpha value is -6.44. The second-order valence-electron chi connectivity index (χ2n) is 13.3. The van der Waals surface area contributed by atoms with Gasteiger partial charge in [-0.15, -0.1) is 0 Å². The monoisotopic (exact) mass is 620 g/mol. The van der Waals surface area contributed by atoms with Crippen LogP contribution in [0.4, 0.5) is 0 Å². The normalized spacial score (nSPS) is 12.1. The van der Waals surface area contributed by atoms with E-state index in [1.54, 1.807) is 0 Å². The van der Waals surface area contributed by atoms with Gasteiger partial charge in [-0.1, -0.05) is 140 Å². The van der Waals surface area contributed by atoms with Gasteiger partial charge in [0, 0.05) is 16.3 Å². The first kappa shape index (κ1) is 26.6. The molecule has 0 amide bonds. The largest absolute Gasteiger partial charge is 0.455 e. The van der Waals surface area contributed by atoms with Gasteiger partial charge in [0.1, 0.15) is 11.2 Å². The van der Waals surface area contributed by atoms with Gasteiger partial charge in [0.05, 0.1) is 0 Å². The molecule has 1 heterocycles. The molecule has 1 heteroatoms. The Morgan fingerprint density at radius 3 is 1.90 bits per heavy atom. The number of hydrogen-bond acceptors (Lipinski definition) is 1. The number of furan rings is 1. The van der Waals surface area contributed by atoms with E-state index in [0.29, 0.717) is 0 Å². The molecule has 49 heavy (non-hydrogen) atoms. The lowest BCUT2D eigenvalue weighted by atomic mass is 9.88. The van der Waals surface area contributed by atoms with Crippen LogP contribution in [0.1, 0.15) is 0 Å². The van der Waals surface area contributed by atoms with Crippen LogP contribution in [0.5, 0.6) is 0 Å². The van der Waals surface area contributed by atoms with Crippen molar-refractivity contribution in [2.24, 2.45) is 0 Å². The van der Waals surface area contributed by atoms with E-state index in [-0.39, 0.29) is 0 Å². The van der Waals surface area contributed by atoms with Crippen LogP contribution >= 0.6 is 0 Å². The van der Waals surface area contributed by atoms with E-state index < -0.39 is 0 Å². The molecular formula is C48H28O.